The largest absolute Gasteiger partial charge is 0.100 e. The summed E-state index contributed by atoms with van der Waals surface area (Å²) in [4.78, 5) is 0. The Morgan fingerprint density at radius 2 is 1.41 bits per heavy atom. The third-order valence-corrected chi connectivity index (χ3v) is 5.45. The number of allylic oxidation sites excluding steroid dienone is 2. The third-order valence-electron chi connectivity index (χ3n) is 5.45. The maximum Gasteiger partial charge on any atom is -0.0157 e. The number of hydrogen-bond donors (Lipinski definition) is 0. The second-order valence-electron chi connectivity index (χ2n) is 9.60. The molecule has 0 saturated carbocycles. The molecule has 0 bridgehead atoms. The first-order valence-corrected chi connectivity index (χ1v) is 9.13. The monoisotopic (exact) mass is 306 g/mol. The fourth-order valence-corrected chi connectivity index (χ4v) is 3.44. The highest BCUT2D eigenvalue weighted by Gasteiger charge is 2.30. The minimum atomic E-state index is 0.300. The Kier molecular flexibility index (Phi) is 8.17. The van der Waals surface area contributed by atoms with Crippen molar-refractivity contribution in [1.29, 1.82) is 0 Å². The molecular weight excluding hydrogens is 264 g/mol. The highest BCUT2D eigenvalue weighted by atomic mass is 14.4. The molecule has 0 aliphatic rings. The lowest BCUT2D eigenvalue weighted by atomic mass is 9.69. The first kappa shape index (κ1) is 21.5. The van der Waals surface area contributed by atoms with Crippen molar-refractivity contribution in [1.82, 2.24) is 0 Å². The molecule has 0 spiro atoms. The van der Waals surface area contributed by atoms with Gasteiger partial charge >= 0.3 is 0 Å². The van der Waals surface area contributed by atoms with Crippen LogP contribution in [0.3, 0.4) is 0 Å². The molecule has 3 unspecified atom stereocenters. The maximum atomic E-state index is 4.54. The summed E-state index contributed by atoms with van der Waals surface area (Å²) in [5, 5.41) is 0. The summed E-state index contributed by atoms with van der Waals surface area (Å²) < 4.78 is 0. The molecular formula is C22H42. The van der Waals surface area contributed by atoms with Gasteiger partial charge in [-0.25, -0.2) is 0 Å². The summed E-state index contributed by atoms with van der Waals surface area (Å²) in [7, 11) is 0. The molecule has 0 rings (SSSR count). The van der Waals surface area contributed by atoms with Crippen LogP contribution in [0, 0.1) is 28.6 Å². The van der Waals surface area contributed by atoms with Crippen molar-refractivity contribution in [2.75, 3.05) is 0 Å². The van der Waals surface area contributed by atoms with Gasteiger partial charge in [0.15, 0.2) is 0 Å². The van der Waals surface area contributed by atoms with Crippen LogP contribution >= 0.6 is 0 Å². The van der Waals surface area contributed by atoms with Crippen molar-refractivity contribution >= 4 is 0 Å². The van der Waals surface area contributed by atoms with Crippen molar-refractivity contribution in [3.63, 3.8) is 0 Å². The second kappa shape index (κ2) is 8.37. The van der Waals surface area contributed by atoms with E-state index < -0.39 is 0 Å². The fraction of sp³-hybridized carbons (Fsp3) is 0.818. The van der Waals surface area contributed by atoms with Crippen LogP contribution in [0.4, 0.5) is 0 Å². The third kappa shape index (κ3) is 7.16. The van der Waals surface area contributed by atoms with E-state index >= 15 is 0 Å². The van der Waals surface area contributed by atoms with E-state index in [1.165, 1.54) is 30.4 Å². The van der Waals surface area contributed by atoms with E-state index in [1.54, 1.807) is 0 Å². The van der Waals surface area contributed by atoms with Gasteiger partial charge in [-0.1, -0.05) is 73.1 Å². The molecule has 130 valence electrons. The van der Waals surface area contributed by atoms with Gasteiger partial charge < -0.3 is 0 Å². The Labute approximate surface area is 141 Å². The SMILES string of the molecule is C=C(C)CC(CCC(C)C(C)(C)C)C(=C)C(CC)C(C)(C)C. The van der Waals surface area contributed by atoms with Crippen LogP contribution in [-0.2, 0) is 0 Å². The molecule has 0 heteroatoms. The first-order chi connectivity index (χ1) is 9.80. The molecule has 0 heterocycles. The summed E-state index contributed by atoms with van der Waals surface area (Å²) in [5.41, 5.74) is 3.44. The van der Waals surface area contributed by atoms with Gasteiger partial charge in [-0.3, -0.25) is 0 Å². The molecule has 0 aromatic rings. The van der Waals surface area contributed by atoms with E-state index in [1.807, 2.05) is 0 Å². The zero-order valence-electron chi connectivity index (χ0n) is 17.0. The number of hydrogen-bond acceptors (Lipinski definition) is 0. The summed E-state index contributed by atoms with van der Waals surface area (Å²) in [6.07, 6.45) is 4.81. The topological polar surface area (TPSA) is 0 Å². The predicted molar refractivity (Wildman–Crippen MR) is 103 cm³/mol. The van der Waals surface area contributed by atoms with Gasteiger partial charge in [0.05, 0.1) is 0 Å². The average molecular weight is 307 g/mol. The molecule has 0 N–H and O–H groups in total. The second-order valence-corrected chi connectivity index (χ2v) is 9.60. The molecule has 22 heavy (non-hydrogen) atoms. The smallest absolute Gasteiger partial charge is 0.0157 e. The Hall–Kier alpha value is -0.520. The Morgan fingerprint density at radius 1 is 0.909 bits per heavy atom. The summed E-state index contributed by atoms with van der Waals surface area (Å²) >= 11 is 0. The Bertz CT molecular complexity index is 358. The summed E-state index contributed by atoms with van der Waals surface area (Å²) in [6, 6.07) is 0. The van der Waals surface area contributed by atoms with E-state index in [2.05, 4.69) is 75.5 Å². The highest BCUT2D eigenvalue weighted by Crippen LogP contribution is 2.41. The molecule has 0 aliphatic carbocycles. The Morgan fingerprint density at radius 3 is 1.73 bits per heavy atom. The Balaban J connectivity index is 5.05. The van der Waals surface area contributed by atoms with Crippen molar-refractivity contribution in [2.24, 2.45) is 28.6 Å². The lowest BCUT2D eigenvalue weighted by Gasteiger charge is -2.36. The zero-order valence-corrected chi connectivity index (χ0v) is 17.0. The van der Waals surface area contributed by atoms with Gasteiger partial charge in [-0.05, 0) is 61.2 Å². The molecule has 0 aliphatic heterocycles. The van der Waals surface area contributed by atoms with E-state index in [0.29, 0.717) is 22.7 Å². The van der Waals surface area contributed by atoms with E-state index in [0.717, 1.165) is 12.3 Å². The van der Waals surface area contributed by atoms with E-state index in [9.17, 15) is 0 Å². The van der Waals surface area contributed by atoms with Crippen LogP contribution in [0.5, 0.6) is 0 Å². The summed E-state index contributed by atoms with van der Waals surface area (Å²) in [6.45, 7) is 29.7. The molecule has 0 saturated heterocycles. The standard InChI is InChI=1S/C22H42/c1-12-20(22(9,10)11)18(5)19(15-16(2)3)14-13-17(4)21(6,7)8/h17,19-20H,2,5,12-15H2,1,3-4,6-11H3. The lowest BCUT2D eigenvalue weighted by Crippen LogP contribution is -2.26. The molecule has 0 amide bonds. The van der Waals surface area contributed by atoms with Gasteiger partial charge in [-0.15, -0.1) is 6.58 Å². The van der Waals surface area contributed by atoms with Crippen molar-refractivity contribution < 1.29 is 0 Å². The van der Waals surface area contributed by atoms with Crippen LogP contribution < -0.4 is 0 Å². The van der Waals surface area contributed by atoms with E-state index in [4.69, 9.17) is 0 Å². The van der Waals surface area contributed by atoms with Crippen LogP contribution in [-0.4, -0.2) is 0 Å². The predicted octanol–water partition coefficient (Wildman–Crippen LogP) is 7.66. The average Bonchev–Trinajstić information content (AvgIpc) is 2.31. The van der Waals surface area contributed by atoms with Crippen molar-refractivity contribution in [3.05, 3.63) is 24.3 Å². The molecule has 0 aromatic heterocycles. The molecule has 3 atom stereocenters. The van der Waals surface area contributed by atoms with Gasteiger partial charge in [0.1, 0.15) is 0 Å². The number of rotatable bonds is 8. The van der Waals surface area contributed by atoms with Crippen molar-refractivity contribution in [2.45, 2.75) is 88.0 Å². The molecule has 0 aromatic carbocycles. The zero-order chi connectivity index (χ0) is 17.7. The van der Waals surface area contributed by atoms with E-state index in [-0.39, 0.29) is 0 Å². The molecule has 0 radical (unpaired) electrons. The molecule has 0 nitrogen and oxygen atoms in total. The van der Waals surface area contributed by atoms with Crippen molar-refractivity contribution in [3.8, 4) is 0 Å². The fourth-order valence-electron chi connectivity index (χ4n) is 3.44. The minimum absolute atomic E-state index is 0.300. The normalized spacial score (nSPS) is 17.0. The van der Waals surface area contributed by atoms with Gasteiger partial charge in [-0.2, -0.15) is 0 Å². The van der Waals surface area contributed by atoms with Gasteiger partial charge in [0, 0.05) is 0 Å². The van der Waals surface area contributed by atoms with Crippen LogP contribution in [0.2, 0.25) is 0 Å². The van der Waals surface area contributed by atoms with Crippen LogP contribution in [0.15, 0.2) is 24.3 Å². The first-order valence-electron chi connectivity index (χ1n) is 9.13. The van der Waals surface area contributed by atoms with Crippen LogP contribution in [0.1, 0.15) is 88.0 Å². The lowest BCUT2D eigenvalue weighted by molar-refractivity contribution is 0.218. The van der Waals surface area contributed by atoms with Gasteiger partial charge in [0.25, 0.3) is 0 Å². The molecule has 0 fully saturated rings. The maximum absolute atomic E-state index is 4.54. The highest BCUT2D eigenvalue weighted by molar-refractivity contribution is 5.12. The summed E-state index contributed by atoms with van der Waals surface area (Å²) in [5.74, 6) is 1.93. The quantitative estimate of drug-likeness (QED) is 0.404. The van der Waals surface area contributed by atoms with Crippen LogP contribution in [0.25, 0.3) is 0 Å². The van der Waals surface area contributed by atoms with Gasteiger partial charge in [0.2, 0.25) is 0 Å². The minimum Gasteiger partial charge on any atom is -0.100 e.